The van der Waals surface area contributed by atoms with Crippen LogP contribution in [0.15, 0.2) is 47.0 Å². The van der Waals surface area contributed by atoms with E-state index in [-0.39, 0.29) is 24.1 Å². The Balaban J connectivity index is 1.53. The fourth-order valence-electron chi connectivity index (χ4n) is 3.13. The van der Waals surface area contributed by atoms with E-state index in [0.717, 1.165) is 11.3 Å². The number of ether oxygens (including phenoxy) is 1. The van der Waals surface area contributed by atoms with Gasteiger partial charge in [-0.15, -0.1) is 0 Å². The minimum absolute atomic E-state index is 0.0903. The van der Waals surface area contributed by atoms with Crippen LogP contribution in [0.3, 0.4) is 0 Å². The van der Waals surface area contributed by atoms with Crippen molar-refractivity contribution in [2.24, 2.45) is 0 Å². The van der Waals surface area contributed by atoms with Gasteiger partial charge in [0.15, 0.2) is 0 Å². The van der Waals surface area contributed by atoms with Gasteiger partial charge in [0, 0.05) is 24.2 Å². The van der Waals surface area contributed by atoms with Crippen LogP contribution in [0, 0.1) is 12.7 Å². The summed E-state index contributed by atoms with van der Waals surface area (Å²) in [7, 11) is 1.60. The van der Waals surface area contributed by atoms with Gasteiger partial charge in [-0.1, -0.05) is 11.2 Å². The number of aromatic nitrogens is 2. The Morgan fingerprint density at radius 3 is 2.70 bits per heavy atom. The number of hydrogen-bond donors (Lipinski definition) is 0. The Labute approximate surface area is 155 Å². The van der Waals surface area contributed by atoms with Gasteiger partial charge in [0.1, 0.15) is 11.6 Å². The highest BCUT2D eigenvalue weighted by atomic mass is 19.1. The van der Waals surface area contributed by atoms with Gasteiger partial charge < -0.3 is 14.2 Å². The lowest BCUT2D eigenvalue weighted by atomic mass is 10.1. The van der Waals surface area contributed by atoms with E-state index in [0.29, 0.717) is 29.5 Å². The molecule has 1 aliphatic heterocycles. The molecule has 6 nitrogen and oxygen atoms in total. The summed E-state index contributed by atoms with van der Waals surface area (Å²) in [5, 5.41) is 4.02. The van der Waals surface area contributed by atoms with Gasteiger partial charge in [-0.3, -0.25) is 4.79 Å². The van der Waals surface area contributed by atoms with Crippen molar-refractivity contribution in [1.82, 2.24) is 10.1 Å². The van der Waals surface area contributed by atoms with Crippen LogP contribution >= 0.6 is 0 Å². The zero-order valence-corrected chi connectivity index (χ0v) is 15.0. The molecule has 2 heterocycles. The molecule has 1 amide bonds. The van der Waals surface area contributed by atoms with Gasteiger partial charge in [-0.2, -0.15) is 4.98 Å². The van der Waals surface area contributed by atoms with Crippen LogP contribution in [0.1, 0.15) is 23.8 Å². The second-order valence-electron chi connectivity index (χ2n) is 6.52. The standard InChI is InChI=1S/C20H18FN3O3/c1-12-3-6-15(10-17(12)21)24-11-14(9-18(24)25)20-22-19(23-27-20)13-4-7-16(26-2)8-5-13/h3-8,10,14H,9,11H2,1-2H3/t14-/m0/s1. The molecule has 0 unspecified atom stereocenters. The molecule has 138 valence electrons. The van der Waals surface area contributed by atoms with Gasteiger partial charge in [0.25, 0.3) is 0 Å². The van der Waals surface area contributed by atoms with Crippen LogP contribution in [0.5, 0.6) is 5.75 Å². The highest BCUT2D eigenvalue weighted by Crippen LogP contribution is 2.32. The molecule has 7 heteroatoms. The summed E-state index contributed by atoms with van der Waals surface area (Å²) in [5.74, 6) is 0.964. The van der Waals surface area contributed by atoms with Crippen LogP contribution < -0.4 is 9.64 Å². The van der Waals surface area contributed by atoms with E-state index in [1.807, 2.05) is 24.3 Å². The number of rotatable bonds is 4. The van der Waals surface area contributed by atoms with Gasteiger partial charge in [0.05, 0.1) is 13.0 Å². The summed E-state index contributed by atoms with van der Waals surface area (Å²) in [6.45, 7) is 2.07. The van der Waals surface area contributed by atoms with E-state index in [1.54, 1.807) is 31.1 Å². The topological polar surface area (TPSA) is 68.5 Å². The maximum absolute atomic E-state index is 13.8. The first-order chi connectivity index (χ1) is 13.0. The molecular weight excluding hydrogens is 349 g/mol. The van der Waals surface area contributed by atoms with E-state index < -0.39 is 0 Å². The second-order valence-corrected chi connectivity index (χ2v) is 6.52. The van der Waals surface area contributed by atoms with E-state index in [9.17, 15) is 9.18 Å². The Morgan fingerprint density at radius 2 is 2.00 bits per heavy atom. The molecule has 0 N–H and O–H groups in total. The number of halogens is 1. The van der Waals surface area contributed by atoms with E-state index in [2.05, 4.69) is 10.1 Å². The molecular formula is C20H18FN3O3. The Bertz CT molecular complexity index is 984. The zero-order valence-electron chi connectivity index (χ0n) is 15.0. The highest BCUT2D eigenvalue weighted by Gasteiger charge is 2.35. The third kappa shape index (κ3) is 3.28. The summed E-state index contributed by atoms with van der Waals surface area (Å²) >= 11 is 0. The predicted octanol–water partition coefficient (Wildman–Crippen LogP) is 3.71. The van der Waals surface area contributed by atoms with E-state index in [4.69, 9.17) is 9.26 Å². The zero-order chi connectivity index (χ0) is 19.0. The fourth-order valence-corrected chi connectivity index (χ4v) is 3.13. The third-order valence-electron chi connectivity index (χ3n) is 4.73. The maximum atomic E-state index is 13.8. The molecule has 0 radical (unpaired) electrons. The minimum atomic E-state index is -0.330. The molecule has 1 fully saturated rings. The Hall–Kier alpha value is -3.22. The summed E-state index contributed by atoms with van der Waals surface area (Å²) < 4.78 is 24.4. The predicted molar refractivity (Wildman–Crippen MR) is 97.1 cm³/mol. The van der Waals surface area contributed by atoms with Crippen molar-refractivity contribution in [2.45, 2.75) is 19.3 Å². The molecule has 0 bridgehead atoms. The smallest absolute Gasteiger partial charge is 0.232 e. The van der Waals surface area contributed by atoms with Gasteiger partial charge in [-0.05, 0) is 48.9 Å². The molecule has 1 aliphatic rings. The number of amides is 1. The van der Waals surface area contributed by atoms with Crippen LogP contribution in [0.2, 0.25) is 0 Å². The average Bonchev–Trinajstić information content (AvgIpc) is 3.31. The number of nitrogens with zero attached hydrogens (tertiary/aromatic N) is 3. The molecule has 1 atom stereocenters. The maximum Gasteiger partial charge on any atom is 0.232 e. The summed E-state index contributed by atoms with van der Waals surface area (Å²) in [6.07, 6.45) is 0.250. The molecule has 27 heavy (non-hydrogen) atoms. The van der Waals surface area contributed by atoms with Gasteiger partial charge in [0.2, 0.25) is 17.6 Å². The summed E-state index contributed by atoms with van der Waals surface area (Å²) in [5.41, 5.74) is 1.89. The third-order valence-corrected chi connectivity index (χ3v) is 4.73. The van der Waals surface area contributed by atoms with Crippen molar-refractivity contribution < 1.29 is 18.4 Å². The van der Waals surface area contributed by atoms with Crippen LogP contribution in [0.25, 0.3) is 11.4 Å². The van der Waals surface area contributed by atoms with Crippen molar-refractivity contribution in [3.05, 3.63) is 59.7 Å². The first kappa shape index (κ1) is 17.2. The molecule has 0 spiro atoms. The minimum Gasteiger partial charge on any atom is -0.497 e. The van der Waals surface area contributed by atoms with Crippen molar-refractivity contribution in [2.75, 3.05) is 18.6 Å². The number of benzene rings is 2. The lowest BCUT2D eigenvalue weighted by molar-refractivity contribution is -0.117. The lowest BCUT2D eigenvalue weighted by Crippen LogP contribution is -2.24. The summed E-state index contributed by atoms with van der Waals surface area (Å²) in [6, 6.07) is 12.1. The molecule has 4 rings (SSSR count). The Kier molecular flexibility index (Phi) is 4.35. The van der Waals surface area contributed by atoms with Crippen LogP contribution in [-0.4, -0.2) is 29.7 Å². The first-order valence-corrected chi connectivity index (χ1v) is 8.59. The normalized spacial score (nSPS) is 16.8. The largest absolute Gasteiger partial charge is 0.497 e. The van der Waals surface area contributed by atoms with Gasteiger partial charge >= 0.3 is 0 Å². The monoisotopic (exact) mass is 367 g/mol. The van der Waals surface area contributed by atoms with Crippen LogP contribution in [0.4, 0.5) is 10.1 Å². The quantitative estimate of drug-likeness (QED) is 0.703. The fraction of sp³-hybridized carbons (Fsp3) is 0.250. The molecule has 0 saturated carbocycles. The molecule has 1 saturated heterocycles. The number of aryl methyl sites for hydroxylation is 1. The van der Waals surface area contributed by atoms with E-state index >= 15 is 0 Å². The van der Waals surface area contributed by atoms with Crippen LogP contribution in [-0.2, 0) is 4.79 Å². The van der Waals surface area contributed by atoms with Crippen molar-refractivity contribution in [3.8, 4) is 17.1 Å². The van der Waals surface area contributed by atoms with E-state index in [1.165, 1.54) is 6.07 Å². The van der Waals surface area contributed by atoms with Crippen molar-refractivity contribution in [3.63, 3.8) is 0 Å². The molecule has 0 aliphatic carbocycles. The number of hydrogen-bond acceptors (Lipinski definition) is 5. The van der Waals surface area contributed by atoms with Gasteiger partial charge in [-0.25, -0.2) is 4.39 Å². The van der Waals surface area contributed by atoms with Crippen molar-refractivity contribution >= 4 is 11.6 Å². The SMILES string of the molecule is COc1ccc(-c2noc([C@H]3CC(=O)N(c4ccc(C)c(F)c4)C3)n2)cc1. The Morgan fingerprint density at radius 1 is 1.22 bits per heavy atom. The molecule has 3 aromatic rings. The molecule has 1 aromatic heterocycles. The number of anilines is 1. The first-order valence-electron chi connectivity index (χ1n) is 8.59. The number of methoxy groups -OCH3 is 1. The van der Waals surface area contributed by atoms with Crippen molar-refractivity contribution in [1.29, 1.82) is 0 Å². The summed E-state index contributed by atoms with van der Waals surface area (Å²) in [4.78, 5) is 18.4. The number of carbonyl (C=O) groups excluding carboxylic acids is 1. The second kappa shape index (κ2) is 6.83. The highest BCUT2D eigenvalue weighted by molar-refractivity contribution is 5.96. The molecule has 2 aromatic carbocycles. The number of carbonyl (C=O) groups is 1. The average molecular weight is 367 g/mol. The lowest BCUT2D eigenvalue weighted by Gasteiger charge is -2.16.